The van der Waals surface area contributed by atoms with E-state index in [1.54, 1.807) is 0 Å². The zero-order valence-electron chi connectivity index (χ0n) is 7.33. The Bertz CT molecular complexity index is 54.4. The van der Waals surface area contributed by atoms with Crippen LogP contribution in [0, 0.1) is 5.41 Å². The highest BCUT2D eigenvalue weighted by Crippen LogP contribution is 2.27. The van der Waals surface area contributed by atoms with Gasteiger partial charge in [0.15, 0.2) is 0 Å². The molecule has 0 spiro atoms. The summed E-state index contributed by atoms with van der Waals surface area (Å²) in [5, 5.41) is 0. The van der Waals surface area contributed by atoms with Crippen molar-refractivity contribution in [1.29, 1.82) is 0 Å². The van der Waals surface area contributed by atoms with Gasteiger partial charge in [-0.15, -0.1) is 0 Å². The minimum atomic E-state index is 0.601. The van der Waals surface area contributed by atoms with E-state index in [0.717, 1.165) is 0 Å². The molecular formula is C9H20. The lowest BCUT2D eigenvalue weighted by molar-refractivity contribution is 0.301. The summed E-state index contributed by atoms with van der Waals surface area (Å²) < 4.78 is 0. The van der Waals surface area contributed by atoms with Gasteiger partial charge in [-0.05, 0) is 18.3 Å². The van der Waals surface area contributed by atoms with Crippen molar-refractivity contribution in [1.82, 2.24) is 0 Å². The maximum atomic E-state index is 2.36. The molecule has 56 valence electrons. The summed E-state index contributed by atoms with van der Waals surface area (Å²) in [6.45, 7) is 9.24. The molecule has 0 saturated heterocycles. The van der Waals surface area contributed by atoms with Crippen molar-refractivity contribution < 1.29 is 0 Å². The van der Waals surface area contributed by atoms with Crippen LogP contribution in [0.2, 0.25) is 0 Å². The van der Waals surface area contributed by atoms with E-state index in [9.17, 15) is 0 Å². The molecule has 0 aromatic heterocycles. The summed E-state index contributed by atoms with van der Waals surface area (Å²) >= 11 is 0. The van der Waals surface area contributed by atoms with E-state index in [4.69, 9.17) is 0 Å². The summed E-state index contributed by atoms with van der Waals surface area (Å²) in [6.07, 6.45) is 5.40. The number of rotatable bonds is 4. The third-order valence-corrected chi connectivity index (χ3v) is 1.85. The number of hydrogen-bond donors (Lipinski definition) is 0. The van der Waals surface area contributed by atoms with Crippen LogP contribution in [-0.4, -0.2) is 0 Å². The summed E-state index contributed by atoms with van der Waals surface area (Å²) in [4.78, 5) is 0. The molecule has 0 rings (SSSR count). The fourth-order valence-corrected chi connectivity index (χ4v) is 1.48. The van der Waals surface area contributed by atoms with Crippen LogP contribution in [0.3, 0.4) is 0 Å². The molecule has 0 aliphatic rings. The van der Waals surface area contributed by atoms with E-state index >= 15 is 0 Å². The van der Waals surface area contributed by atoms with Crippen molar-refractivity contribution in [2.75, 3.05) is 0 Å². The first-order valence-electron chi connectivity index (χ1n) is 4.12. The second-order valence-corrected chi connectivity index (χ2v) is 3.66. The second kappa shape index (κ2) is 3.92. The van der Waals surface area contributed by atoms with Gasteiger partial charge in [-0.2, -0.15) is 0 Å². The van der Waals surface area contributed by atoms with Gasteiger partial charge in [0.1, 0.15) is 0 Å². The van der Waals surface area contributed by atoms with Crippen LogP contribution in [0.5, 0.6) is 0 Å². The molecule has 0 aliphatic heterocycles. The van der Waals surface area contributed by atoms with E-state index in [0.29, 0.717) is 5.41 Å². The Hall–Kier alpha value is 0. The molecule has 0 fully saturated rings. The van der Waals surface area contributed by atoms with Gasteiger partial charge < -0.3 is 0 Å². The van der Waals surface area contributed by atoms with Gasteiger partial charge in [-0.25, -0.2) is 0 Å². The van der Waals surface area contributed by atoms with Crippen molar-refractivity contribution in [2.45, 2.75) is 53.4 Å². The molecule has 0 N–H and O–H groups in total. The second-order valence-electron chi connectivity index (χ2n) is 3.66. The van der Waals surface area contributed by atoms with Gasteiger partial charge in [0, 0.05) is 0 Å². The molecule has 0 radical (unpaired) electrons. The largest absolute Gasteiger partial charge is 0.0654 e. The summed E-state index contributed by atoms with van der Waals surface area (Å²) in [7, 11) is 0. The lowest BCUT2D eigenvalue weighted by Crippen LogP contribution is -2.09. The molecule has 0 aromatic carbocycles. The SMILES string of the molecule is CCCC(C)(C)CCC. The molecule has 9 heavy (non-hydrogen) atoms. The van der Waals surface area contributed by atoms with E-state index in [1.165, 1.54) is 25.7 Å². The maximum Gasteiger partial charge on any atom is -0.0354 e. The first-order chi connectivity index (χ1) is 4.12. The van der Waals surface area contributed by atoms with Crippen LogP contribution < -0.4 is 0 Å². The molecule has 0 nitrogen and oxygen atoms in total. The van der Waals surface area contributed by atoms with Gasteiger partial charge in [-0.3, -0.25) is 0 Å². The van der Waals surface area contributed by atoms with Gasteiger partial charge in [0.05, 0.1) is 0 Å². The molecule has 0 bridgehead atoms. The fourth-order valence-electron chi connectivity index (χ4n) is 1.48. The van der Waals surface area contributed by atoms with Crippen LogP contribution in [-0.2, 0) is 0 Å². The van der Waals surface area contributed by atoms with Gasteiger partial charge >= 0.3 is 0 Å². The van der Waals surface area contributed by atoms with Crippen LogP contribution in [0.15, 0.2) is 0 Å². The third kappa shape index (κ3) is 4.50. The van der Waals surface area contributed by atoms with Crippen molar-refractivity contribution in [3.05, 3.63) is 0 Å². The van der Waals surface area contributed by atoms with Crippen molar-refractivity contribution in [2.24, 2.45) is 5.41 Å². The van der Waals surface area contributed by atoms with Crippen molar-refractivity contribution in [3.8, 4) is 0 Å². The molecule has 0 heteroatoms. The maximum absolute atomic E-state index is 2.36. The molecule has 0 atom stereocenters. The molecule has 0 saturated carbocycles. The first kappa shape index (κ1) is 9.00. The zero-order valence-corrected chi connectivity index (χ0v) is 7.33. The highest BCUT2D eigenvalue weighted by atomic mass is 14.2. The summed E-state index contributed by atoms with van der Waals surface area (Å²) in [5.74, 6) is 0. The Labute approximate surface area is 59.7 Å². The summed E-state index contributed by atoms with van der Waals surface area (Å²) in [5.41, 5.74) is 0.601. The average molecular weight is 128 g/mol. The standard InChI is InChI=1S/C9H20/c1-5-7-9(3,4)8-6-2/h5-8H2,1-4H3. The van der Waals surface area contributed by atoms with Crippen LogP contribution in [0.4, 0.5) is 0 Å². The van der Waals surface area contributed by atoms with Crippen LogP contribution in [0.1, 0.15) is 53.4 Å². The topological polar surface area (TPSA) is 0 Å². The quantitative estimate of drug-likeness (QED) is 0.542. The van der Waals surface area contributed by atoms with E-state index in [1.807, 2.05) is 0 Å². The Balaban J connectivity index is 3.43. The third-order valence-electron chi connectivity index (χ3n) is 1.85. The summed E-state index contributed by atoms with van der Waals surface area (Å²) in [6, 6.07) is 0. The Morgan fingerprint density at radius 2 is 1.22 bits per heavy atom. The highest BCUT2D eigenvalue weighted by Gasteiger charge is 2.13. The first-order valence-corrected chi connectivity index (χ1v) is 4.12. The monoisotopic (exact) mass is 128 g/mol. The predicted molar refractivity (Wildman–Crippen MR) is 43.6 cm³/mol. The molecular weight excluding hydrogens is 108 g/mol. The van der Waals surface area contributed by atoms with Crippen molar-refractivity contribution in [3.63, 3.8) is 0 Å². The Kier molecular flexibility index (Phi) is 3.92. The molecule has 0 unspecified atom stereocenters. The van der Waals surface area contributed by atoms with Crippen molar-refractivity contribution >= 4 is 0 Å². The lowest BCUT2D eigenvalue weighted by Gasteiger charge is -2.22. The average Bonchev–Trinajstić information content (AvgIpc) is 1.64. The molecule has 0 aliphatic carbocycles. The fraction of sp³-hybridized carbons (Fsp3) is 1.00. The van der Waals surface area contributed by atoms with Crippen LogP contribution >= 0.6 is 0 Å². The molecule has 0 heterocycles. The highest BCUT2D eigenvalue weighted by molar-refractivity contribution is 4.66. The minimum absolute atomic E-state index is 0.601. The molecule has 0 amide bonds. The number of hydrogen-bond acceptors (Lipinski definition) is 0. The minimum Gasteiger partial charge on any atom is -0.0654 e. The van der Waals surface area contributed by atoms with E-state index in [2.05, 4.69) is 27.7 Å². The Morgan fingerprint density at radius 1 is 0.889 bits per heavy atom. The van der Waals surface area contributed by atoms with Gasteiger partial charge in [0.2, 0.25) is 0 Å². The van der Waals surface area contributed by atoms with Crippen LogP contribution in [0.25, 0.3) is 0 Å². The van der Waals surface area contributed by atoms with Gasteiger partial charge in [0.25, 0.3) is 0 Å². The Morgan fingerprint density at radius 3 is 1.44 bits per heavy atom. The lowest BCUT2D eigenvalue weighted by atomic mass is 9.84. The predicted octanol–water partition coefficient (Wildman–Crippen LogP) is 3.61. The van der Waals surface area contributed by atoms with E-state index in [-0.39, 0.29) is 0 Å². The van der Waals surface area contributed by atoms with Gasteiger partial charge in [-0.1, -0.05) is 40.5 Å². The van der Waals surface area contributed by atoms with E-state index < -0.39 is 0 Å². The smallest absolute Gasteiger partial charge is 0.0354 e. The zero-order chi connectivity index (χ0) is 7.33. The molecule has 0 aromatic rings. The normalized spacial score (nSPS) is 12.0.